The van der Waals surface area contributed by atoms with E-state index in [4.69, 9.17) is 14.7 Å². The predicted molar refractivity (Wildman–Crippen MR) is 105 cm³/mol. The molecule has 3 aromatic rings. The van der Waals surface area contributed by atoms with Gasteiger partial charge in [-0.1, -0.05) is 0 Å². The lowest BCUT2D eigenvalue weighted by molar-refractivity contribution is 0.413. The number of ether oxygens (including phenoxy) is 1. The highest BCUT2D eigenvalue weighted by atomic mass is 32.1. The van der Waals surface area contributed by atoms with Gasteiger partial charge in [0.2, 0.25) is 0 Å². The first-order valence-electron chi connectivity index (χ1n) is 9.29. The molecule has 6 heteroatoms. The summed E-state index contributed by atoms with van der Waals surface area (Å²) in [7, 11) is 1.59. The number of hydrogen-bond acceptors (Lipinski definition) is 5. The molecule has 0 fully saturated rings. The van der Waals surface area contributed by atoms with Crippen molar-refractivity contribution >= 4 is 11.3 Å². The van der Waals surface area contributed by atoms with Gasteiger partial charge in [-0.2, -0.15) is 0 Å². The van der Waals surface area contributed by atoms with E-state index in [0.29, 0.717) is 5.75 Å². The SMILES string of the molecule is COc1cc(F)ccc1-c1c(-c2nc3c(s2)CNCC3)ncc2c1CCC2. The second-order valence-electron chi connectivity index (χ2n) is 7.00. The summed E-state index contributed by atoms with van der Waals surface area (Å²) in [5.41, 5.74) is 6.60. The molecule has 0 unspecified atom stereocenters. The van der Waals surface area contributed by atoms with Crippen molar-refractivity contribution in [1.82, 2.24) is 15.3 Å². The van der Waals surface area contributed by atoms with E-state index >= 15 is 0 Å². The Morgan fingerprint density at radius 1 is 1.22 bits per heavy atom. The van der Waals surface area contributed by atoms with Crippen molar-refractivity contribution in [2.45, 2.75) is 32.2 Å². The molecule has 2 aliphatic rings. The average molecular weight is 381 g/mol. The maximum Gasteiger partial charge on any atom is 0.143 e. The number of thiazole rings is 1. The number of fused-ring (bicyclic) bond motifs is 2. The normalized spacial score (nSPS) is 15.5. The van der Waals surface area contributed by atoms with E-state index < -0.39 is 0 Å². The van der Waals surface area contributed by atoms with Gasteiger partial charge >= 0.3 is 0 Å². The molecular weight excluding hydrogens is 361 g/mol. The van der Waals surface area contributed by atoms with Crippen LogP contribution in [-0.4, -0.2) is 23.6 Å². The second kappa shape index (κ2) is 6.69. The van der Waals surface area contributed by atoms with Crippen LogP contribution in [-0.2, 0) is 25.8 Å². The van der Waals surface area contributed by atoms with Gasteiger partial charge < -0.3 is 10.1 Å². The minimum atomic E-state index is -0.298. The van der Waals surface area contributed by atoms with Crippen LogP contribution in [0, 0.1) is 5.82 Å². The number of hydrogen-bond donors (Lipinski definition) is 1. The molecule has 0 atom stereocenters. The van der Waals surface area contributed by atoms with Gasteiger partial charge in [-0.25, -0.2) is 9.37 Å². The fourth-order valence-electron chi connectivity index (χ4n) is 4.10. The number of benzene rings is 1. The van der Waals surface area contributed by atoms with Crippen molar-refractivity contribution < 1.29 is 9.13 Å². The number of halogens is 1. The Morgan fingerprint density at radius 2 is 2.15 bits per heavy atom. The lowest BCUT2D eigenvalue weighted by Gasteiger charge is -2.15. The summed E-state index contributed by atoms with van der Waals surface area (Å²) in [5.74, 6) is 0.245. The quantitative estimate of drug-likeness (QED) is 0.740. The topological polar surface area (TPSA) is 47.0 Å². The van der Waals surface area contributed by atoms with E-state index in [1.54, 1.807) is 18.4 Å². The second-order valence-corrected chi connectivity index (χ2v) is 8.08. The molecule has 1 aliphatic carbocycles. The number of methoxy groups -OCH3 is 1. The summed E-state index contributed by atoms with van der Waals surface area (Å²) in [6.07, 6.45) is 6.11. The van der Waals surface area contributed by atoms with E-state index in [1.807, 2.05) is 12.3 Å². The predicted octanol–water partition coefficient (Wildman–Crippen LogP) is 4.15. The zero-order valence-electron chi connectivity index (χ0n) is 15.1. The van der Waals surface area contributed by atoms with Gasteiger partial charge in [0.15, 0.2) is 0 Å². The summed E-state index contributed by atoms with van der Waals surface area (Å²) in [4.78, 5) is 11.0. The van der Waals surface area contributed by atoms with Crippen LogP contribution in [0.3, 0.4) is 0 Å². The summed E-state index contributed by atoms with van der Waals surface area (Å²) >= 11 is 1.71. The van der Waals surface area contributed by atoms with E-state index in [-0.39, 0.29) is 5.82 Å². The Bertz CT molecular complexity index is 1010. The van der Waals surface area contributed by atoms with Gasteiger partial charge in [0.25, 0.3) is 0 Å². The highest BCUT2D eigenvalue weighted by Crippen LogP contribution is 2.43. The van der Waals surface area contributed by atoms with E-state index in [9.17, 15) is 4.39 Å². The average Bonchev–Trinajstić information content (AvgIpc) is 3.33. The van der Waals surface area contributed by atoms with Crippen LogP contribution in [0.2, 0.25) is 0 Å². The van der Waals surface area contributed by atoms with E-state index in [0.717, 1.165) is 60.6 Å². The zero-order valence-corrected chi connectivity index (χ0v) is 16.0. The van der Waals surface area contributed by atoms with Crippen LogP contribution >= 0.6 is 11.3 Å². The molecule has 0 amide bonds. The molecule has 2 aromatic heterocycles. The molecule has 5 rings (SSSR count). The minimum Gasteiger partial charge on any atom is -0.496 e. The maximum absolute atomic E-state index is 13.8. The first-order valence-corrected chi connectivity index (χ1v) is 10.1. The van der Waals surface area contributed by atoms with Crippen LogP contribution in [0.15, 0.2) is 24.4 Å². The smallest absolute Gasteiger partial charge is 0.143 e. The number of aryl methyl sites for hydroxylation is 1. The zero-order chi connectivity index (χ0) is 18.4. The molecule has 3 heterocycles. The molecule has 4 nitrogen and oxygen atoms in total. The van der Waals surface area contributed by atoms with Crippen molar-refractivity contribution in [3.05, 3.63) is 51.9 Å². The van der Waals surface area contributed by atoms with Crippen molar-refractivity contribution in [3.63, 3.8) is 0 Å². The first kappa shape index (κ1) is 16.8. The summed E-state index contributed by atoms with van der Waals surface area (Å²) in [5, 5.41) is 4.35. The Kier molecular flexibility index (Phi) is 4.17. The largest absolute Gasteiger partial charge is 0.496 e. The Labute approximate surface area is 161 Å². The lowest BCUT2D eigenvalue weighted by atomic mass is 9.95. The highest BCUT2D eigenvalue weighted by Gasteiger charge is 2.26. The van der Waals surface area contributed by atoms with Gasteiger partial charge in [-0.3, -0.25) is 4.98 Å². The summed E-state index contributed by atoms with van der Waals surface area (Å²) < 4.78 is 19.3. The number of nitrogens with zero attached hydrogens (tertiary/aromatic N) is 2. The van der Waals surface area contributed by atoms with E-state index in [2.05, 4.69) is 5.32 Å². The van der Waals surface area contributed by atoms with E-state index in [1.165, 1.54) is 33.8 Å². The van der Waals surface area contributed by atoms with Gasteiger partial charge in [0, 0.05) is 47.8 Å². The molecule has 1 aliphatic heterocycles. The fraction of sp³-hybridized carbons (Fsp3) is 0.333. The molecule has 0 radical (unpaired) electrons. The minimum absolute atomic E-state index is 0.298. The highest BCUT2D eigenvalue weighted by molar-refractivity contribution is 7.15. The Hall–Kier alpha value is -2.31. The molecule has 1 aromatic carbocycles. The standard InChI is InChI=1S/C21H20FN3OS/c1-26-17-9-13(22)5-6-15(17)19-14-4-2-3-12(14)10-24-20(19)21-25-16-7-8-23-11-18(16)27-21/h5-6,9-10,23H,2-4,7-8,11H2,1H3. The molecule has 0 spiro atoms. The number of rotatable bonds is 3. The molecule has 138 valence electrons. The number of pyridine rings is 1. The Balaban J connectivity index is 1.75. The lowest BCUT2D eigenvalue weighted by Crippen LogP contribution is -2.22. The first-order chi connectivity index (χ1) is 13.2. The molecule has 0 saturated heterocycles. The van der Waals surface area contributed by atoms with Crippen LogP contribution in [0.25, 0.3) is 21.8 Å². The molecular formula is C21H20FN3OS. The third-order valence-electron chi connectivity index (χ3n) is 5.39. The molecule has 0 saturated carbocycles. The van der Waals surface area contributed by atoms with Crippen molar-refractivity contribution in [1.29, 1.82) is 0 Å². The fourth-order valence-corrected chi connectivity index (χ4v) is 5.18. The molecule has 1 N–H and O–H groups in total. The monoisotopic (exact) mass is 381 g/mol. The summed E-state index contributed by atoms with van der Waals surface area (Å²) in [6.45, 7) is 1.83. The van der Waals surface area contributed by atoms with Crippen LogP contribution in [0.4, 0.5) is 4.39 Å². The third-order valence-corrected chi connectivity index (χ3v) is 6.49. The van der Waals surface area contributed by atoms with Gasteiger partial charge in [-0.15, -0.1) is 11.3 Å². The van der Waals surface area contributed by atoms with Crippen molar-refractivity contribution in [3.8, 4) is 27.6 Å². The van der Waals surface area contributed by atoms with Crippen LogP contribution in [0.5, 0.6) is 5.75 Å². The third kappa shape index (κ3) is 2.84. The number of aromatic nitrogens is 2. The van der Waals surface area contributed by atoms with Crippen LogP contribution < -0.4 is 10.1 Å². The summed E-state index contributed by atoms with van der Waals surface area (Å²) in [6, 6.07) is 4.75. The van der Waals surface area contributed by atoms with Gasteiger partial charge in [-0.05, 0) is 42.5 Å². The number of nitrogens with one attached hydrogen (secondary N) is 1. The molecule has 27 heavy (non-hydrogen) atoms. The Morgan fingerprint density at radius 3 is 3.00 bits per heavy atom. The van der Waals surface area contributed by atoms with Crippen molar-refractivity contribution in [2.24, 2.45) is 0 Å². The molecule has 0 bridgehead atoms. The van der Waals surface area contributed by atoms with Gasteiger partial charge in [0.1, 0.15) is 22.3 Å². The van der Waals surface area contributed by atoms with Crippen molar-refractivity contribution in [2.75, 3.05) is 13.7 Å². The van der Waals surface area contributed by atoms with Gasteiger partial charge in [0.05, 0.1) is 12.8 Å². The van der Waals surface area contributed by atoms with Crippen LogP contribution in [0.1, 0.15) is 28.1 Å². The maximum atomic E-state index is 13.8.